The zero-order valence-corrected chi connectivity index (χ0v) is 23.1. The van der Waals surface area contributed by atoms with Gasteiger partial charge in [-0.3, -0.25) is 19.8 Å². The third-order valence-electron chi connectivity index (χ3n) is 4.99. The molecule has 3 aromatic rings. The van der Waals surface area contributed by atoms with Crippen LogP contribution in [0.25, 0.3) is 6.08 Å². The third-order valence-corrected chi connectivity index (χ3v) is 7.23. The van der Waals surface area contributed by atoms with Crippen LogP contribution in [-0.4, -0.2) is 16.9 Å². The molecular formula is C24H12Cl6N2O3S. The highest BCUT2D eigenvalue weighted by molar-refractivity contribution is 7.80. The van der Waals surface area contributed by atoms with Gasteiger partial charge in [-0.25, -0.2) is 0 Å². The minimum absolute atomic E-state index is 0.0869. The SMILES string of the molecule is O=C1NC(=S)N(c2cccc(Cl)c2Cl)C(=O)/C1=C/c1cc(Cl)c(OCc2ccc(Cl)cc2Cl)c(Cl)c1. The summed E-state index contributed by atoms with van der Waals surface area (Å²) in [7, 11) is 0. The van der Waals surface area contributed by atoms with Gasteiger partial charge in [-0.2, -0.15) is 0 Å². The van der Waals surface area contributed by atoms with E-state index in [1.54, 1.807) is 36.4 Å². The van der Waals surface area contributed by atoms with Gasteiger partial charge in [0.25, 0.3) is 11.8 Å². The average Bonchev–Trinajstić information content (AvgIpc) is 2.80. The molecule has 1 aliphatic heterocycles. The van der Waals surface area contributed by atoms with Crippen LogP contribution in [0.3, 0.4) is 0 Å². The van der Waals surface area contributed by atoms with Crippen LogP contribution in [0.1, 0.15) is 11.1 Å². The fourth-order valence-electron chi connectivity index (χ4n) is 3.30. The van der Waals surface area contributed by atoms with Crippen LogP contribution >= 0.6 is 81.8 Å². The van der Waals surface area contributed by atoms with Crippen molar-refractivity contribution in [3.05, 3.63) is 95.4 Å². The van der Waals surface area contributed by atoms with Crippen molar-refractivity contribution in [2.75, 3.05) is 4.90 Å². The normalized spacial score (nSPS) is 14.9. The zero-order chi connectivity index (χ0) is 26.1. The number of nitrogens with one attached hydrogen (secondary N) is 1. The number of ether oxygens (including phenoxy) is 1. The van der Waals surface area contributed by atoms with E-state index >= 15 is 0 Å². The first kappa shape index (κ1) is 27.0. The lowest BCUT2D eigenvalue weighted by molar-refractivity contribution is -0.122. The van der Waals surface area contributed by atoms with E-state index in [1.807, 2.05) is 0 Å². The molecule has 1 N–H and O–H groups in total. The van der Waals surface area contributed by atoms with Crippen molar-refractivity contribution in [2.24, 2.45) is 0 Å². The molecule has 0 saturated carbocycles. The van der Waals surface area contributed by atoms with E-state index in [0.29, 0.717) is 21.2 Å². The molecule has 1 fully saturated rings. The number of anilines is 1. The molecule has 5 nitrogen and oxygen atoms in total. The molecule has 0 aromatic heterocycles. The molecule has 0 aliphatic carbocycles. The summed E-state index contributed by atoms with van der Waals surface area (Å²) in [5.41, 5.74) is 1.07. The van der Waals surface area contributed by atoms with Gasteiger partial charge in [0.05, 0.1) is 25.8 Å². The lowest BCUT2D eigenvalue weighted by Crippen LogP contribution is -2.54. The van der Waals surface area contributed by atoms with Crippen LogP contribution in [0, 0.1) is 0 Å². The first-order valence-corrected chi connectivity index (χ1v) is 12.7. The molecule has 1 heterocycles. The van der Waals surface area contributed by atoms with E-state index in [9.17, 15) is 9.59 Å². The summed E-state index contributed by atoms with van der Waals surface area (Å²) in [4.78, 5) is 27.0. The smallest absolute Gasteiger partial charge is 0.270 e. The predicted octanol–water partition coefficient (Wildman–Crippen LogP) is 8.02. The number of amides is 2. The Hall–Kier alpha value is -2.03. The van der Waals surface area contributed by atoms with Crippen molar-refractivity contribution in [3.8, 4) is 5.75 Å². The molecule has 0 radical (unpaired) electrons. The maximum atomic E-state index is 13.3. The zero-order valence-electron chi connectivity index (χ0n) is 17.8. The quantitative estimate of drug-likeness (QED) is 0.178. The van der Waals surface area contributed by atoms with Crippen molar-refractivity contribution in [2.45, 2.75) is 6.61 Å². The van der Waals surface area contributed by atoms with Crippen molar-refractivity contribution in [1.29, 1.82) is 0 Å². The fraction of sp³-hybridized carbons (Fsp3) is 0.0417. The molecule has 0 spiro atoms. The van der Waals surface area contributed by atoms with E-state index in [2.05, 4.69) is 5.32 Å². The Balaban J connectivity index is 1.63. The maximum Gasteiger partial charge on any atom is 0.270 e. The number of carbonyl (C=O) groups is 2. The van der Waals surface area contributed by atoms with Crippen LogP contribution < -0.4 is 15.0 Å². The van der Waals surface area contributed by atoms with Gasteiger partial charge in [0.15, 0.2) is 10.9 Å². The Labute approximate surface area is 241 Å². The van der Waals surface area contributed by atoms with Crippen molar-refractivity contribution < 1.29 is 14.3 Å². The van der Waals surface area contributed by atoms with Gasteiger partial charge < -0.3 is 4.74 Å². The lowest BCUT2D eigenvalue weighted by atomic mass is 10.1. The average molecular weight is 621 g/mol. The van der Waals surface area contributed by atoms with E-state index in [4.69, 9.17) is 86.6 Å². The molecule has 1 aliphatic rings. The number of benzene rings is 3. The predicted molar refractivity (Wildman–Crippen MR) is 150 cm³/mol. The number of hydrogen-bond donors (Lipinski definition) is 1. The summed E-state index contributed by atoms with van der Waals surface area (Å²) >= 11 is 42.5. The molecule has 4 rings (SSSR count). The number of hydrogen-bond acceptors (Lipinski definition) is 4. The molecule has 1 saturated heterocycles. The number of rotatable bonds is 5. The van der Waals surface area contributed by atoms with Crippen LogP contribution in [-0.2, 0) is 16.2 Å². The van der Waals surface area contributed by atoms with Gasteiger partial charge in [0.2, 0.25) is 0 Å². The minimum Gasteiger partial charge on any atom is -0.486 e. The van der Waals surface area contributed by atoms with Crippen molar-refractivity contribution >= 4 is 111 Å². The van der Waals surface area contributed by atoms with Gasteiger partial charge in [-0.1, -0.05) is 81.7 Å². The van der Waals surface area contributed by atoms with Gasteiger partial charge in [-0.05, 0) is 60.3 Å². The Morgan fingerprint density at radius 3 is 2.25 bits per heavy atom. The van der Waals surface area contributed by atoms with Crippen molar-refractivity contribution in [3.63, 3.8) is 0 Å². The molecule has 3 aromatic carbocycles. The Bertz CT molecular complexity index is 1440. The first-order chi connectivity index (χ1) is 17.1. The van der Waals surface area contributed by atoms with E-state index in [1.165, 1.54) is 18.2 Å². The highest BCUT2D eigenvalue weighted by Gasteiger charge is 2.35. The van der Waals surface area contributed by atoms with Crippen LogP contribution in [0.4, 0.5) is 5.69 Å². The summed E-state index contributed by atoms with van der Waals surface area (Å²) in [6, 6.07) is 12.7. The summed E-state index contributed by atoms with van der Waals surface area (Å²) in [5.74, 6) is -1.18. The summed E-state index contributed by atoms with van der Waals surface area (Å²) in [5, 5.41) is 3.93. The van der Waals surface area contributed by atoms with Gasteiger partial charge >= 0.3 is 0 Å². The second kappa shape index (κ2) is 11.2. The Morgan fingerprint density at radius 2 is 1.58 bits per heavy atom. The Kier molecular flexibility index (Phi) is 8.37. The number of thiocarbonyl (C=S) groups is 1. The fourth-order valence-corrected chi connectivity index (χ4v) is 5.03. The lowest BCUT2D eigenvalue weighted by Gasteiger charge is -2.29. The van der Waals surface area contributed by atoms with Crippen molar-refractivity contribution in [1.82, 2.24) is 5.32 Å². The third kappa shape index (κ3) is 5.60. The number of nitrogens with zero attached hydrogens (tertiary/aromatic N) is 1. The van der Waals surface area contributed by atoms with Crippen LogP contribution in [0.5, 0.6) is 5.75 Å². The molecule has 0 atom stereocenters. The first-order valence-electron chi connectivity index (χ1n) is 9.98. The largest absolute Gasteiger partial charge is 0.486 e. The minimum atomic E-state index is -0.696. The van der Waals surface area contributed by atoms with E-state index in [-0.39, 0.29) is 48.8 Å². The highest BCUT2D eigenvalue weighted by atomic mass is 35.5. The molecule has 36 heavy (non-hydrogen) atoms. The van der Waals surface area contributed by atoms with Crippen LogP contribution in [0.15, 0.2) is 54.1 Å². The summed E-state index contributed by atoms with van der Waals surface area (Å²) in [6.45, 7) is 0.0869. The molecular weight excluding hydrogens is 609 g/mol. The second-order valence-electron chi connectivity index (χ2n) is 7.37. The summed E-state index contributed by atoms with van der Waals surface area (Å²) in [6.07, 6.45) is 1.34. The van der Waals surface area contributed by atoms with E-state index < -0.39 is 11.8 Å². The van der Waals surface area contributed by atoms with Gasteiger partial charge in [0, 0.05) is 15.6 Å². The van der Waals surface area contributed by atoms with Gasteiger partial charge in [-0.15, -0.1) is 0 Å². The standard InChI is InChI=1S/C24H12Cl6N2O3S/c25-13-5-4-12(16(27)9-13)10-35-21-17(28)7-11(8-18(21)29)6-14-22(33)31-24(36)32(23(14)34)19-3-1-2-15(26)20(19)30/h1-9H,10H2,(H,31,33,36)/b14-6+. The topological polar surface area (TPSA) is 58.6 Å². The summed E-state index contributed by atoms with van der Waals surface area (Å²) < 4.78 is 5.76. The van der Waals surface area contributed by atoms with E-state index in [0.717, 1.165) is 4.90 Å². The number of carbonyl (C=O) groups excluding carboxylic acids is 2. The number of halogens is 6. The maximum absolute atomic E-state index is 13.3. The molecule has 0 bridgehead atoms. The monoisotopic (exact) mass is 618 g/mol. The second-order valence-corrected chi connectivity index (χ2v) is 10.2. The molecule has 0 unspecified atom stereocenters. The molecule has 184 valence electrons. The Morgan fingerprint density at radius 1 is 0.889 bits per heavy atom. The van der Waals surface area contributed by atoms with Crippen LogP contribution in [0.2, 0.25) is 30.1 Å². The molecule has 12 heteroatoms. The molecule has 2 amide bonds. The highest BCUT2D eigenvalue weighted by Crippen LogP contribution is 2.37. The van der Waals surface area contributed by atoms with Gasteiger partial charge in [0.1, 0.15) is 12.2 Å².